The molecular formula is C19H28N4O4S. The van der Waals surface area contributed by atoms with Gasteiger partial charge in [0.2, 0.25) is 10.0 Å². The highest BCUT2D eigenvalue weighted by Crippen LogP contribution is 2.30. The topological polar surface area (TPSA) is 76.9 Å². The Hall–Kier alpha value is -1.94. The van der Waals surface area contributed by atoms with Crippen LogP contribution in [0, 0.1) is 0 Å². The van der Waals surface area contributed by atoms with Crippen molar-refractivity contribution >= 4 is 10.0 Å². The molecule has 8 nitrogen and oxygen atoms in total. The minimum absolute atomic E-state index is 0.0720. The van der Waals surface area contributed by atoms with Crippen LogP contribution in [0.1, 0.15) is 12.8 Å². The average molecular weight is 409 g/mol. The number of ether oxygens (including phenoxy) is 2. The van der Waals surface area contributed by atoms with Crippen LogP contribution in [0.15, 0.2) is 41.6 Å². The Morgan fingerprint density at radius 2 is 2.14 bits per heavy atom. The van der Waals surface area contributed by atoms with E-state index >= 15 is 0 Å². The second kappa shape index (κ2) is 9.04. The molecule has 1 aliphatic rings. The molecule has 0 saturated carbocycles. The Bertz CT molecular complexity index is 862. The van der Waals surface area contributed by atoms with Crippen LogP contribution in [0.4, 0.5) is 0 Å². The van der Waals surface area contributed by atoms with Crippen molar-refractivity contribution < 1.29 is 17.9 Å². The zero-order valence-corrected chi connectivity index (χ0v) is 17.4. The predicted octanol–water partition coefficient (Wildman–Crippen LogP) is 1.61. The maximum absolute atomic E-state index is 13.6. The standard InChI is InChI=1S/C19H28N4O4S/c1-21(2)11-12-22(15-17-6-4-13-27-17)28(24,25)19-14-16(7-8-18(19)26-3)23-10-5-9-20-23/h5,7-10,14,17H,4,6,11-13,15H2,1-3H3. The highest BCUT2D eigenvalue weighted by atomic mass is 32.2. The molecule has 0 bridgehead atoms. The van der Waals surface area contributed by atoms with Gasteiger partial charge >= 0.3 is 0 Å². The van der Waals surface area contributed by atoms with Crippen LogP contribution in [0.2, 0.25) is 0 Å². The number of rotatable bonds is 9. The first kappa shape index (κ1) is 20.8. The second-order valence-electron chi connectivity index (χ2n) is 7.09. The maximum atomic E-state index is 13.6. The van der Waals surface area contributed by atoms with Gasteiger partial charge in [-0.25, -0.2) is 13.1 Å². The smallest absolute Gasteiger partial charge is 0.246 e. The molecule has 2 heterocycles. The number of methoxy groups -OCH3 is 1. The van der Waals surface area contributed by atoms with E-state index in [4.69, 9.17) is 9.47 Å². The van der Waals surface area contributed by atoms with Crippen molar-refractivity contribution in [3.8, 4) is 11.4 Å². The Kier molecular flexibility index (Phi) is 6.71. The number of benzene rings is 1. The molecule has 0 radical (unpaired) electrons. The van der Waals surface area contributed by atoms with Crippen molar-refractivity contribution in [1.29, 1.82) is 0 Å². The molecule has 1 fully saturated rings. The molecule has 1 unspecified atom stereocenters. The van der Waals surface area contributed by atoms with Crippen LogP contribution in [0.3, 0.4) is 0 Å². The minimum atomic E-state index is -3.78. The predicted molar refractivity (Wildman–Crippen MR) is 106 cm³/mol. The normalized spacial score (nSPS) is 17.5. The van der Waals surface area contributed by atoms with Crippen LogP contribution < -0.4 is 4.74 Å². The summed E-state index contributed by atoms with van der Waals surface area (Å²) in [5.41, 5.74) is 0.661. The summed E-state index contributed by atoms with van der Waals surface area (Å²) in [6.07, 6.45) is 5.19. The van der Waals surface area contributed by atoms with Crippen molar-refractivity contribution in [3.63, 3.8) is 0 Å². The van der Waals surface area contributed by atoms with Crippen molar-refractivity contribution in [3.05, 3.63) is 36.7 Å². The molecule has 154 valence electrons. The van der Waals surface area contributed by atoms with E-state index in [0.717, 1.165) is 12.8 Å². The lowest BCUT2D eigenvalue weighted by molar-refractivity contribution is 0.0925. The van der Waals surface area contributed by atoms with E-state index in [1.807, 2.05) is 19.0 Å². The summed E-state index contributed by atoms with van der Waals surface area (Å²) in [7, 11) is 1.55. The third-order valence-electron chi connectivity index (χ3n) is 4.76. The van der Waals surface area contributed by atoms with Crippen LogP contribution in [0.25, 0.3) is 5.69 Å². The van der Waals surface area contributed by atoms with Crippen LogP contribution in [0.5, 0.6) is 5.75 Å². The third-order valence-corrected chi connectivity index (χ3v) is 6.65. The maximum Gasteiger partial charge on any atom is 0.246 e. The van der Waals surface area contributed by atoms with Gasteiger partial charge in [0.05, 0.1) is 18.9 Å². The van der Waals surface area contributed by atoms with Gasteiger partial charge in [0, 0.05) is 38.6 Å². The number of aromatic nitrogens is 2. The first-order chi connectivity index (χ1) is 13.4. The summed E-state index contributed by atoms with van der Waals surface area (Å²) < 4.78 is 41.4. The van der Waals surface area contributed by atoms with Gasteiger partial charge in [-0.15, -0.1) is 0 Å². The molecule has 1 atom stereocenters. The molecule has 0 N–H and O–H groups in total. The fourth-order valence-corrected chi connectivity index (χ4v) is 4.84. The van der Waals surface area contributed by atoms with E-state index in [-0.39, 0.29) is 11.0 Å². The van der Waals surface area contributed by atoms with E-state index in [0.29, 0.717) is 37.7 Å². The zero-order valence-electron chi connectivity index (χ0n) is 16.6. The lowest BCUT2D eigenvalue weighted by atomic mass is 10.2. The van der Waals surface area contributed by atoms with Gasteiger partial charge in [-0.3, -0.25) is 0 Å². The SMILES string of the molecule is COc1ccc(-n2cccn2)cc1S(=O)(=O)N(CCN(C)C)CC1CCCO1. The van der Waals surface area contributed by atoms with Gasteiger partial charge < -0.3 is 14.4 Å². The first-order valence-corrected chi connectivity index (χ1v) is 10.8. The van der Waals surface area contributed by atoms with Gasteiger partial charge in [0.15, 0.2) is 0 Å². The van der Waals surface area contributed by atoms with E-state index < -0.39 is 10.0 Å². The number of hydrogen-bond acceptors (Lipinski definition) is 6. The van der Waals surface area contributed by atoms with E-state index in [1.165, 1.54) is 11.4 Å². The monoisotopic (exact) mass is 408 g/mol. The van der Waals surface area contributed by atoms with E-state index in [9.17, 15) is 8.42 Å². The van der Waals surface area contributed by atoms with Crippen LogP contribution in [-0.2, 0) is 14.8 Å². The Labute approximate surface area is 166 Å². The second-order valence-corrected chi connectivity index (χ2v) is 8.99. The van der Waals surface area contributed by atoms with Gasteiger partial charge in [0.1, 0.15) is 10.6 Å². The van der Waals surface area contributed by atoms with Crippen molar-refractivity contribution in [1.82, 2.24) is 19.0 Å². The first-order valence-electron chi connectivity index (χ1n) is 9.36. The number of nitrogens with zero attached hydrogens (tertiary/aromatic N) is 4. The molecule has 3 rings (SSSR count). The molecule has 0 spiro atoms. The molecule has 1 saturated heterocycles. The average Bonchev–Trinajstić information content (AvgIpc) is 3.38. The highest BCUT2D eigenvalue weighted by Gasteiger charge is 2.31. The van der Waals surface area contributed by atoms with Crippen LogP contribution >= 0.6 is 0 Å². The summed E-state index contributed by atoms with van der Waals surface area (Å²) in [5, 5.41) is 4.19. The van der Waals surface area contributed by atoms with Gasteiger partial charge in [-0.1, -0.05) is 0 Å². The molecule has 0 amide bonds. The summed E-state index contributed by atoms with van der Waals surface area (Å²) in [6, 6.07) is 6.85. The fraction of sp³-hybridized carbons (Fsp3) is 0.526. The minimum Gasteiger partial charge on any atom is -0.495 e. The van der Waals surface area contributed by atoms with Crippen molar-refractivity contribution in [2.24, 2.45) is 0 Å². The van der Waals surface area contributed by atoms with Gasteiger partial charge in [0.25, 0.3) is 0 Å². The fourth-order valence-electron chi connectivity index (χ4n) is 3.21. The molecule has 28 heavy (non-hydrogen) atoms. The molecule has 1 aromatic heterocycles. The third kappa shape index (κ3) is 4.72. The Balaban J connectivity index is 1.97. The summed E-state index contributed by atoms with van der Waals surface area (Å²) in [4.78, 5) is 2.11. The molecule has 0 aliphatic carbocycles. The van der Waals surface area contributed by atoms with Gasteiger partial charge in [-0.2, -0.15) is 9.40 Å². The summed E-state index contributed by atoms with van der Waals surface area (Å²) >= 11 is 0. The molecule has 9 heteroatoms. The summed E-state index contributed by atoms with van der Waals surface area (Å²) in [6.45, 7) is 2.02. The number of sulfonamides is 1. The largest absolute Gasteiger partial charge is 0.495 e. The van der Waals surface area contributed by atoms with E-state index in [1.54, 1.807) is 41.3 Å². The lowest BCUT2D eigenvalue weighted by Crippen LogP contribution is -2.41. The number of likely N-dealkylation sites (N-methyl/N-ethyl adjacent to an activating group) is 1. The molecule has 2 aromatic rings. The van der Waals surface area contributed by atoms with Crippen LogP contribution in [-0.4, -0.2) is 81.0 Å². The zero-order chi connectivity index (χ0) is 20.1. The van der Waals surface area contributed by atoms with E-state index in [2.05, 4.69) is 5.10 Å². The highest BCUT2D eigenvalue weighted by molar-refractivity contribution is 7.89. The lowest BCUT2D eigenvalue weighted by Gasteiger charge is -2.27. The van der Waals surface area contributed by atoms with Crippen molar-refractivity contribution in [2.75, 3.05) is 47.4 Å². The Morgan fingerprint density at radius 3 is 2.75 bits per heavy atom. The molecule has 1 aromatic carbocycles. The number of hydrogen-bond donors (Lipinski definition) is 0. The van der Waals surface area contributed by atoms with Gasteiger partial charge in [-0.05, 0) is 51.2 Å². The Morgan fingerprint density at radius 1 is 1.32 bits per heavy atom. The van der Waals surface area contributed by atoms with Crippen molar-refractivity contribution in [2.45, 2.75) is 23.8 Å². The molecule has 1 aliphatic heterocycles. The molecular weight excluding hydrogens is 380 g/mol. The summed E-state index contributed by atoms with van der Waals surface area (Å²) in [5.74, 6) is 0.318. The quantitative estimate of drug-likeness (QED) is 0.627.